The van der Waals surface area contributed by atoms with Crippen molar-refractivity contribution >= 4 is 52.0 Å². The van der Waals surface area contributed by atoms with Crippen LogP contribution in [-0.4, -0.2) is 70.0 Å². The molecule has 1 amide bonds. The van der Waals surface area contributed by atoms with E-state index in [9.17, 15) is 31.5 Å². The van der Waals surface area contributed by atoms with Gasteiger partial charge in [-0.25, -0.2) is 24.9 Å². The van der Waals surface area contributed by atoms with Crippen LogP contribution in [0.3, 0.4) is 0 Å². The van der Waals surface area contributed by atoms with Crippen molar-refractivity contribution in [2.75, 3.05) is 37.1 Å². The van der Waals surface area contributed by atoms with Crippen LogP contribution >= 0.6 is 0 Å². The molecule has 0 spiro atoms. The van der Waals surface area contributed by atoms with Crippen molar-refractivity contribution in [3.63, 3.8) is 0 Å². The van der Waals surface area contributed by atoms with Crippen LogP contribution in [0.5, 0.6) is 23.0 Å². The van der Waals surface area contributed by atoms with Gasteiger partial charge in [0.05, 0.1) is 49.7 Å². The number of nitrogens with zero attached hydrogens (tertiary/aromatic N) is 2. The van der Waals surface area contributed by atoms with E-state index >= 15 is 0 Å². The van der Waals surface area contributed by atoms with Gasteiger partial charge in [0.25, 0.3) is 26.3 Å². The zero-order valence-corrected chi connectivity index (χ0v) is 39.4. The summed E-state index contributed by atoms with van der Waals surface area (Å²) >= 11 is 0. The third-order valence-corrected chi connectivity index (χ3v) is 7.69. The zero-order chi connectivity index (χ0) is 46.2. The molecule has 10 N–H and O–H groups in total. The molecule has 61 heavy (non-hydrogen) atoms. The Hall–Kier alpha value is -5.50. The van der Waals surface area contributed by atoms with Gasteiger partial charge in [0, 0.05) is 50.9 Å². The van der Waals surface area contributed by atoms with E-state index in [-0.39, 0.29) is 31.1 Å². The summed E-state index contributed by atoms with van der Waals surface area (Å²) in [5, 5.41) is 46.4. The van der Waals surface area contributed by atoms with Crippen LogP contribution < -0.4 is 49.7 Å². The number of benzene rings is 4. The SMILES string of the molecule is CCOc1ccc(C(Nc2ccc(C#N)cc2)C(=O)NS(N)(=O)=O)cc1OCC.CCOc1ccc(C(Nc2ccc(C#N)cc2)C(=O)O)cc1OCC.NS(N)(=O)=O.[2H][B].[U]. The van der Waals surface area contributed by atoms with Crippen molar-refractivity contribution in [3.05, 3.63) is 107 Å². The smallest absolute Gasteiger partial charge is 0.330 e. The standard InChI is InChI=1S/C19H22N4O5S.C19H20N2O4.BH.H4N2O2S.U/c1-3-27-16-10-7-14(11-17(16)28-4-2)18(19(24)23-29(21,25)26)22-15-8-5-13(12-20)6-9-15;1-3-24-16-10-7-14(11-17(16)25-4-2)18(19(22)23)21-15-8-5-13(12-20)6-9-15;;1-5(2,3)4;/h5-11,18,22H,3-4H2,1-2H3,(H,23,24)(H2,21,25,26);5-11,18,21H,3-4H2,1-2H3,(H,22,23);1H;(H4,1,2,3,4);/i;;1D;;. The fraction of sp³-hybridized carbons (Fsp3) is 0.263. The van der Waals surface area contributed by atoms with E-state index in [4.69, 9.17) is 35.9 Å². The van der Waals surface area contributed by atoms with E-state index in [1.54, 1.807) is 89.7 Å². The molecule has 2 radical (unpaired) electrons. The molecular formula is C38H47BN8O11S2U. The first-order valence-electron chi connectivity index (χ1n) is 18.1. The predicted molar refractivity (Wildman–Crippen MR) is 226 cm³/mol. The van der Waals surface area contributed by atoms with Gasteiger partial charge in [0.1, 0.15) is 6.04 Å². The molecule has 4 aromatic carbocycles. The number of rotatable bonds is 17. The molecule has 2 unspecified atom stereocenters. The summed E-state index contributed by atoms with van der Waals surface area (Å²) in [6.45, 7) is 9.11. The first-order valence-corrected chi connectivity index (χ1v) is 20.7. The molecule has 0 saturated carbocycles. The number of ether oxygens (including phenoxy) is 4. The van der Waals surface area contributed by atoms with Crippen molar-refractivity contribution < 1.29 is 81.6 Å². The van der Waals surface area contributed by atoms with E-state index in [0.29, 0.717) is 83.1 Å². The van der Waals surface area contributed by atoms with Gasteiger partial charge in [-0.15, -0.1) is 0 Å². The quantitative estimate of drug-likeness (QED) is 0.0748. The summed E-state index contributed by atoms with van der Waals surface area (Å²) in [6, 6.07) is 24.9. The number of nitriles is 2. The minimum atomic E-state index is -4.25. The predicted octanol–water partition coefficient (Wildman–Crippen LogP) is 2.92. The maximum absolute atomic E-state index is 12.6. The van der Waals surface area contributed by atoms with Gasteiger partial charge in [-0.2, -0.15) is 27.4 Å². The molecule has 0 bridgehead atoms. The minimum Gasteiger partial charge on any atom is -0.490 e. The van der Waals surface area contributed by atoms with Gasteiger partial charge in [-0.05, 0) is 113 Å². The maximum atomic E-state index is 12.6. The van der Waals surface area contributed by atoms with Crippen molar-refractivity contribution in [3.8, 4) is 35.1 Å². The number of nitrogens with two attached hydrogens (primary N) is 3. The monoisotopic (exact) mass is 1110 g/mol. The summed E-state index contributed by atoms with van der Waals surface area (Å²) < 4.78 is 70.3. The molecule has 0 heterocycles. The molecule has 2 atom stereocenters. The Kier molecular flexibility index (Phi) is 24.0. The Morgan fingerprint density at radius 3 is 1.30 bits per heavy atom. The number of hydrogen-bond donors (Lipinski definition) is 7. The molecule has 4 aromatic rings. The molecule has 0 aromatic heterocycles. The van der Waals surface area contributed by atoms with Crippen molar-refractivity contribution in [2.45, 2.75) is 39.8 Å². The first-order chi connectivity index (χ1) is 28.9. The van der Waals surface area contributed by atoms with Gasteiger partial charge in [-0.1, -0.05) is 12.1 Å². The second-order valence-corrected chi connectivity index (χ2v) is 14.1. The van der Waals surface area contributed by atoms with Crippen LogP contribution in [-0.2, 0) is 30.0 Å². The van der Waals surface area contributed by atoms with Gasteiger partial charge in [0.2, 0.25) is 0 Å². The summed E-state index contributed by atoms with van der Waals surface area (Å²) in [4.78, 5) is 24.3. The minimum absolute atomic E-state index is 0. The zero-order valence-electron chi connectivity index (χ0n) is 34.6. The van der Waals surface area contributed by atoms with Gasteiger partial charge in [0.15, 0.2) is 29.0 Å². The van der Waals surface area contributed by atoms with E-state index in [1.165, 1.54) is 0 Å². The van der Waals surface area contributed by atoms with Crippen LogP contribution in [0.2, 0.25) is 0 Å². The van der Waals surface area contributed by atoms with Gasteiger partial charge < -0.3 is 34.7 Å². The molecule has 4 rings (SSSR count). The van der Waals surface area contributed by atoms with Crippen LogP contribution in [0.15, 0.2) is 84.9 Å². The second kappa shape index (κ2) is 27.4. The number of aliphatic carboxylic acids is 1. The molecule has 0 saturated heterocycles. The topological polar surface area (TPSA) is 321 Å². The first kappa shape index (κ1) is 53.5. The van der Waals surface area contributed by atoms with E-state index in [0.717, 1.165) is 0 Å². The van der Waals surface area contributed by atoms with E-state index in [2.05, 4.69) is 29.3 Å². The second-order valence-electron chi connectivity index (χ2n) is 11.6. The molecule has 0 aliphatic carbocycles. The summed E-state index contributed by atoms with van der Waals surface area (Å²) in [5.74, 6) is 0.119. The Morgan fingerprint density at radius 1 is 0.656 bits per heavy atom. The molecular weight excluding hydrogens is 1060 g/mol. The average molecular weight is 1110 g/mol. The number of amides is 1. The van der Waals surface area contributed by atoms with Crippen molar-refractivity contribution in [1.82, 2.24) is 4.72 Å². The number of carboxylic acids is 1. The number of carboxylic acid groups (broad SMARTS) is 1. The molecule has 0 aliphatic rings. The molecule has 0 aliphatic heterocycles. The molecule has 324 valence electrons. The summed E-state index contributed by atoms with van der Waals surface area (Å²) in [5.41, 5.74) is 3.05. The fourth-order valence-electron chi connectivity index (χ4n) is 4.90. The Balaban J connectivity index is 0.00000104. The molecule has 0 fully saturated rings. The van der Waals surface area contributed by atoms with Crippen LogP contribution in [0.1, 0.15) is 62.0 Å². The Labute approximate surface area is 382 Å². The number of carbonyl (C=O) groups excluding carboxylic acids is 1. The summed E-state index contributed by atoms with van der Waals surface area (Å²) in [7, 11) is -4.17. The maximum Gasteiger partial charge on any atom is 0.330 e. The third-order valence-electron chi connectivity index (χ3n) is 7.20. The number of hydrogen-bond acceptors (Lipinski definition) is 14. The van der Waals surface area contributed by atoms with Crippen molar-refractivity contribution in [1.29, 1.82) is 11.9 Å². The van der Waals surface area contributed by atoms with E-state index in [1.807, 2.05) is 39.8 Å². The number of carbonyl (C=O) groups is 2. The van der Waals surface area contributed by atoms with Gasteiger partial charge >= 0.3 is 5.97 Å². The summed E-state index contributed by atoms with van der Waals surface area (Å²) in [6.07, 6.45) is 0. The number of anilines is 2. The fourth-order valence-corrected chi connectivity index (χ4v) is 5.30. The third kappa shape index (κ3) is 20.5. The average Bonchev–Trinajstić information content (AvgIpc) is 3.21. The van der Waals surface area contributed by atoms with Crippen LogP contribution in [0, 0.1) is 53.8 Å². The largest absolute Gasteiger partial charge is 0.490 e. The van der Waals surface area contributed by atoms with Gasteiger partial charge in [-0.3, -0.25) is 4.79 Å². The number of nitrogens with one attached hydrogen (secondary N) is 3. The van der Waals surface area contributed by atoms with Crippen LogP contribution in [0.25, 0.3) is 0 Å². The Morgan fingerprint density at radius 2 is 0.984 bits per heavy atom. The molecule has 19 nitrogen and oxygen atoms in total. The van der Waals surface area contributed by atoms with E-state index < -0.39 is 44.4 Å². The normalized spacial score (nSPS) is 11.3. The Bertz CT molecular complexity index is 2330. The van der Waals surface area contributed by atoms with Crippen LogP contribution in [0.4, 0.5) is 11.4 Å². The van der Waals surface area contributed by atoms with Crippen molar-refractivity contribution in [2.24, 2.45) is 15.4 Å². The molecule has 23 heteroatoms.